The van der Waals surface area contributed by atoms with Crippen molar-refractivity contribution in [1.29, 1.82) is 0 Å². The van der Waals surface area contributed by atoms with Crippen LogP contribution in [0.25, 0.3) is 0 Å². The number of benzene rings is 1. The highest BCUT2D eigenvalue weighted by molar-refractivity contribution is 9.10. The number of nitrogens with one attached hydrogen (secondary N) is 1. The zero-order chi connectivity index (χ0) is 13.8. The van der Waals surface area contributed by atoms with Gasteiger partial charge in [-0.25, -0.2) is 0 Å². The first kappa shape index (κ1) is 14.9. The molecule has 1 aromatic carbocycles. The number of piperidine rings is 1. The molecule has 106 valence electrons. The van der Waals surface area contributed by atoms with Gasteiger partial charge in [0.2, 0.25) is 0 Å². The molecule has 1 heterocycles. The van der Waals surface area contributed by atoms with Crippen LogP contribution in [0.3, 0.4) is 0 Å². The SMILES string of the molecule is CCC1CCCN(c2cc(Br)ccc2C(C)NC)C1. The molecule has 2 rings (SSSR count). The summed E-state index contributed by atoms with van der Waals surface area (Å²) in [6, 6.07) is 7.07. The van der Waals surface area contributed by atoms with Crippen LogP contribution >= 0.6 is 15.9 Å². The number of hydrogen-bond donors (Lipinski definition) is 1. The fourth-order valence-electron chi connectivity index (χ4n) is 2.93. The monoisotopic (exact) mass is 324 g/mol. The van der Waals surface area contributed by atoms with E-state index in [9.17, 15) is 0 Å². The van der Waals surface area contributed by atoms with Crippen LogP contribution in [-0.4, -0.2) is 20.1 Å². The molecule has 0 amide bonds. The molecule has 0 saturated carbocycles. The van der Waals surface area contributed by atoms with Gasteiger partial charge in [0.05, 0.1) is 0 Å². The summed E-state index contributed by atoms with van der Waals surface area (Å²) in [4.78, 5) is 2.58. The highest BCUT2D eigenvalue weighted by Gasteiger charge is 2.22. The van der Waals surface area contributed by atoms with Gasteiger partial charge in [-0.15, -0.1) is 0 Å². The van der Waals surface area contributed by atoms with Crippen LogP contribution in [0.2, 0.25) is 0 Å². The Labute approximate surface area is 125 Å². The van der Waals surface area contributed by atoms with Gasteiger partial charge in [0.25, 0.3) is 0 Å². The molecule has 1 N–H and O–H groups in total. The molecule has 1 saturated heterocycles. The molecule has 1 aromatic rings. The predicted octanol–water partition coefficient (Wildman–Crippen LogP) is 4.36. The summed E-state index contributed by atoms with van der Waals surface area (Å²) >= 11 is 3.62. The van der Waals surface area contributed by atoms with E-state index in [-0.39, 0.29) is 0 Å². The van der Waals surface area contributed by atoms with Crippen molar-refractivity contribution in [3.8, 4) is 0 Å². The van der Waals surface area contributed by atoms with Gasteiger partial charge in [0.1, 0.15) is 0 Å². The Bertz CT molecular complexity index is 419. The average Bonchev–Trinajstić information content (AvgIpc) is 2.46. The molecule has 0 radical (unpaired) electrons. The fraction of sp³-hybridized carbons (Fsp3) is 0.625. The summed E-state index contributed by atoms with van der Waals surface area (Å²) in [6.45, 7) is 6.94. The van der Waals surface area contributed by atoms with Crippen molar-refractivity contribution in [2.45, 2.75) is 39.2 Å². The fourth-order valence-corrected chi connectivity index (χ4v) is 3.28. The summed E-state index contributed by atoms with van der Waals surface area (Å²) in [5.41, 5.74) is 2.80. The largest absolute Gasteiger partial charge is 0.371 e. The van der Waals surface area contributed by atoms with Crippen molar-refractivity contribution in [1.82, 2.24) is 5.32 Å². The number of hydrogen-bond acceptors (Lipinski definition) is 2. The Kier molecular flexibility index (Phi) is 5.28. The molecule has 3 heteroatoms. The van der Waals surface area contributed by atoms with E-state index in [4.69, 9.17) is 0 Å². The second-order valence-corrected chi connectivity index (χ2v) is 6.49. The van der Waals surface area contributed by atoms with E-state index in [0.29, 0.717) is 6.04 Å². The minimum atomic E-state index is 0.394. The van der Waals surface area contributed by atoms with E-state index < -0.39 is 0 Å². The first-order valence-corrected chi connectivity index (χ1v) is 8.16. The van der Waals surface area contributed by atoms with Crippen molar-refractivity contribution < 1.29 is 0 Å². The molecule has 0 aliphatic carbocycles. The smallest absolute Gasteiger partial charge is 0.0426 e. The lowest BCUT2D eigenvalue weighted by Crippen LogP contribution is -2.36. The van der Waals surface area contributed by atoms with E-state index >= 15 is 0 Å². The number of halogens is 1. The predicted molar refractivity (Wildman–Crippen MR) is 86.8 cm³/mol. The molecular weight excluding hydrogens is 300 g/mol. The minimum absolute atomic E-state index is 0.394. The van der Waals surface area contributed by atoms with Crippen molar-refractivity contribution in [3.63, 3.8) is 0 Å². The van der Waals surface area contributed by atoms with E-state index in [2.05, 4.69) is 58.2 Å². The second-order valence-electron chi connectivity index (χ2n) is 5.58. The van der Waals surface area contributed by atoms with Gasteiger partial charge in [-0.05, 0) is 50.4 Å². The normalized spacial score (nSPS) is 21.5. The molecule has 2 nitrogen and oxygen atoms in total. The summed E-state index contributed by atoms with van der Waals surface area (Å²) in [6.07, 6.45) is 4.00. The number of anilines is 1. The lowest BCUT2D eigenvalue weighted by atomic mass is 9.94. The quantitative estimate of drug-likeness (QED) is 0.885. The van der Waals surface area contributed by atoms with Crippen molar-refractivity contribution in [2.24, 2.45) is 5.92 Å². The van der Waals surface area contributed by atoms with Crippen LogP contribution < -0.4 is 10.2 Å². The Morgan fingerprint density at radius 1 is 1.47 bits per heavy atom. The van der Waals surface area contributed by atoms with Crippen LogP contribution in [-0.2, 0) is 0 Å². The Hall–Kier alpha value is -0.540. The maximum atomic E-state index is 3.62. The molecule has 1 aliphatic heterocycles. The van der Waals surface area contributed by atoms with Crippen LogP contribution in [0.1, 0.15) is 44.7 Å². The topological polar surface area (TPSA) is 15.3 Å². The summed E-state index contributed by atoms with van der Waals surface area (Å²) in [5, 5.41) is 3.36. The van der Waals surface area contributed by atoms with Gasteiger partial charge in [0, 0.05) is 29.3 Å². The highest BCUT2D eigenvalue weighted by Crippen LogP contribution is 2.33. The molecule has 0 spiro atoms. The third kappa shape index (κ3) is 3.51. The van der Waals surface area contributed by atoms with Gasteiger partial charge in [-0.2, -0.15) is 0 Å². The Morgan fingerprint density at radius 2 is 2.26 bits per heavy atom. The maximum Gasteiger partial charge on any atom is 0.0426 e. The summed E-state index contributed by atoms with van der Waals surface area (Å²) in [7, 11) is 2.03. The van der Waals surface area contributed by atoms with Crippen LogP contribution in [0.15, 0.2) is 22.7 Å². The van der Waals surface area contributed by atoms with Gasteiger partial charge in [-0.1, -0.05) is 35.3 Å². The molecule has 0 bridgehead atoms. The van der Waals surface area contributed by atoms with Gasteiger partial charge < -0.3 is 10.2 Å². The second kappa shape index (κ2) is 6.76. The standard InChI is InChI=1S/C16H25BrN2/c1-4-13-6-5-9-19(11-13)16-10-14(17)7-8-15(16)12(2)18-3/h7-8,10,12-13,18H,4-6,9,11H2,1-3H3. The van der Waals surface area contributed by atoms with Crippen LogP contribution in [0.4, 0.5) is 5.69 Å². The lowest BCUT2D eigenvalue weighted by molar-refractivity contribution is 0.403. The minimum Gasteiger partial charge on any atom is -0.371 e. The van der Waals surface area contributed by atoms with Gasteiger partial charge in [-0.3, -0.25) is 0 Å². The molecular formula is C16H25BrN2. The van der Waals surface area contributed by atoms with Crippen LogP contribution in [0, 0.1) is 5.92 Å². The molecule has 1 fully saturated rings. The first-order valence-electron chi connectivity index (χ1n) is 7.37. The van der Waals surface area contributed by atoms with Crippen molar-refractivity contribution in [3.05, 3.63) is 28.2 Å². The Morgan fingerprint density at radius 3 is 2.95 bits per heavy atom. The summed E-state index contributed by atoms with van der Waals surface area (Å²) in [5.74, 6) is 0.852. The third-order valence-corrected chi connectivity index (χ3v) is 4.82. The molecule has 0 aromatic heterocycles. The summed E-state index contributed by atoms with van der Waals surface area (Å²) < 4.78 is 1.17. The van der Waals surface area contributed by atoms with Gasteiger partial charge >= 0.3 is 0 Å². The van der Waals surface area contributed by atoms with Crippen molar-refractivity contribution in [2.75, 3.05) is 25.0 Å². The van der Waals surface area contributed by atoms with Crippen molar-refractivity contribution >= 4 is 21.6 Å². The average molecular weight is 325 g/mol. The third-order valence-electron chi connectivity index (χ3n) is 4.33. The van der Waals surface area contributed by atoms with Gasteiger partial charge in [0.15, 0.2) is 0 Å². The van der Waals surface area contributed by atoms with E-state index in [1.54, 1.807) is 0 Å². The Balaban J connectivity index is 2.28. The van der Waals surface area contributed by atoms with E-state index in [1.165, 1.54) is 48.1 Å². The zero-order valence-corrected chi connectivity index (χ0v) is 13.8. The molecule has 2 unspecified atom stereocenters. The zero-order valence-electron chi connectivity index (χ0n) is 12.2. The number of nitrogens with zero attached hydrogens (tertiary/aromatic N) is 1. The molecule has 19 heavy (non-hydrogen) atoms. The van der Waals surface area contributed by atoms with E-state index in [0.717, 1.165) is 5.92 Å². The van der Waals surface area contributed by atoms with Crippen LogP contribution in [0.5, 0.6) is 0 Å². The maximum absolute atomic E-state index is 3.62. The van der Waals surface area contributed by atoms with E-state index in [1.807, 2.05) is 7.05 Å². The molecule has 2 atom stereocenters. The number of rotatable bonds is 4. The first-order chi connectivity index (χ1) is 9.15. The molecule has 1 aliphatic rings. The lowest BCUT2D eigenvalue weighted by Gasteiger charge is -2.36. The highest BCUT2D eigenvalue weighted by atomic mass is 79.9.